The third kappa shape index (κ3) is 3.22. The summed E-state index contributed by atoms with van der Waals surface area (Å²) in [6, 6.07) is 10.3. The van der Waals surface area contributed by atoms with Crippen molar-refractivity contribution in [1.82, 2.24) is 9.88 Å². The molecule has 0 atom stereocenters. The lowest BCUT2D eigenvalue weighted by atomic mass is 10.2. The van der Waals surface area contributed by atoms with E-state index in [1.165, 1.54) is 11.0 Å². The van der Waals surface area contributed by atoms with Gasteiger partial charge >= 0.3 is 0 Å². The molecule has 0 spiro atoms. The lowest BCUT2D eigenvalue weighted by Gasteiger charge is -2.17. The molecule has 0 aliphatic heterocycles. The summed E-state index contributed by atoms with van der Waals surface area (Å²) in [4.78, 5) is 18.0. The van der Waals surface area contributed by atoms with Gasteiger partial charge in [0.2, 0.25) is 0 Å². The summed E-state index contributed by atoms with van der Waals surface area (Å²) in [5.74, 6) is -0.909. The lowest BCUT2D eigenvalue weighted by Crippen LogP contribution is -2.27. The summed E-state index contributed by atoms with van der Waals surface area (Å²) in [5.41, 5.74) is 1.71. The first-order chi connectivity index (χ1) is 9.49. The van der Waals surface area contributed by atoms with Gasteiger partial charge in [0.05, 0.1) is 22.3 Å². The third-order valence-corrected chi connectivity index (χ3v) is 3.49. The zero-order chi connectivity index (χ0) is 14.7. The van der Waals surface area contributed by atoms with Crippen LogP contribution in [0.4, 0.5) is 4.39 Å². The molecule has 0 saturated heterocycles. The molecule has 104 valence electrons. The summed E-state index contributed by atoms with van der Waals surface area (Å²) in [6.45, 7) is 2.23. The van der Waals surface area contributed by atoms with Crippen LogP contribution >= 0.6 is 15.9 Å². The molecule has 0 saturated carbocycles. The highest BCUT2D eigenvalue weighted by atomic mass is 79.9. The van der Waals surface area contributed by atoms with Gasteiger partial charge in [-0.05, 0) is 47.1 Å². The van der Waals surface area contributed by atoms with Gasteiger partial charge in [0, 0.05) is 12.7 Å². The number of hydrogen-bond donors (Lipinski definition) is 0. The Bertz CT molecular complexity index is 646. The molecule has 0 N–H and O–H groups in total. The molecule has 0 radical (unpaired) electrons. The van der Waals surface area contributed by atoms with Crippen molar-refractivity contribution in [3.05, 3.63) is 63.6 Å². The molecular formula is C15H14BrFN2O. The Balaban J connectivity index is 2.19. The average Bonchev–Trinajstić information content (AvgIpc) is 2.41. The van der Waals surface area contributed by atoms with Crippen molar-refractivity contribution in [3.8, 4) is 0 Å². The fourth-order valence-electron chi connectivity index (χ4n) is 1.88. The molecular weight excluding hydrogens is 323 g/mol. The first kappa shape index (κ1) is 14.7. The van der Waals surface area contributed by atoms with Gasteiger partial charge in [0.1, 0.15) is 5.82 Å². The van der Waals surface area contributed by atoms with E-state index in [0.717, 1.165) is 11.4 Å². The first-order valence-corrected chi connectivity index (χ1v) is 6.90. The number of carbonyl (C=O) groups is 1. The van der Waals surface area contributed by atoms with Crippen molar-refractivity contribution in [3.63, 3.8) is 0 Å². The van der Waals surface area contributed by atoms with Crippen LogP contribution in [0.25, 0.3) is 0 Å². The topological polar surface area (TPSA) is 33.2 Å². The lowest BCUT2D eigenvalue weighted by molar-refractivity contribution is 0.0778. The number of halogens is 2. The maximum atomic E-state index is 13.9. The van der Waals surface area contributed by atoms with Crippen molar-refractivity contribution < 1.29 is 9.18 Å². The van der Waals surface area contributed by atoms with Crippen molar-refractivity contribution in [2.24, 2.45) is 0 Å². The van der Waals surface area contributed by atoms with Crippen molar-refractivity contribution in [2.45, 2.75) is 13.5 Å². The average molecular weight is 337 g/mol. The minimum absolute atomic E-state index is 0.0505. The van der Waals surface area contributed by atoms with Crippen LogP contribution in [0.15, 0.2) is 40.9 Å². The van der Waals surface area contributed by atoms with Gasteiger partial charge in [0.25, 0.3) is 5.91 Å². The van der Waals surface area contributed by atoms with Gasteiger partial charge in [0.15, 0.2) is 0 Å². The predicted octanol–water partition coefficient (Wildman–Crippen LogP) is 3.56. The number of aryl methyl sites for hydroxylation is 1. The van der Waals surface area contributed by atoms with Crippen molar-refractivity contribution in [1.29, 1.82) is 0 Å². The van der Waals surface area contributed by atoms with E-state index >= 15 is 0 Å². The maximum Gasteiger partial charge on any atom is 0.256 e. The standard InChI is InChI=1S/C15H14BrFN2O/c1-10-5-3-6-11(18-10)9-19(2)15(20)12-7-4-8-13(16)14(12)17/h3-8H,9H2,1-2H3. The minimum Gasteiger partial charge on any atom is -0.336 e. The predicted molar refractivity (Wildman–Crippen MR) is 78.9 cm³/mol. The van der Waals surface area contributed by atoms with Gasteiger partial charge in [-0.15, -0.1) is 0 Å². The van der Waals surface area contributed by atoms with E-state index < -0.39 is 5.82 Å². The third-order valence-electron chi connectivity index (χ3n) is 2.87. The maximum absolute atomic E-state index is 13.9. The van der Waals surface area contributed by atoms with E-state index in [0.29, 0.717) is 6.54 Å². The Morgan fingerprint density at radius 2 is 2.00 bits per heavy atom. The molecule has 2 aromatic rings. The highest BCUT2D eigenvalue weighted by Gasteiger charge is 2.18. The van der Waals surface area contributed by atoms with Crippen LogP contribution < -0.4 is 0 Å². The Kier molecular flexibility index (Phi) is 4.49. The summed E-state index contributed by atoms with van der Waals surface area (Å²) in [7, 11) is 1.63. The zero-order valence-corrected chi connectivity index (χ0v) is 12.8. The van der Waals surface area contributed by atoms with Gasteiger partial charge in [-0.1, -0.05) is 12.1 Å². The quantitative estimate of drug-likeness (QED) is 0.858. The smallest absolute Gasteiger partial charge is 0.256 e. The molecule has 0 bridgehead atoms. The second-order valence-corrected chi connectivity index (χ2v) is 5.39. The molecule has 0 unspecified atom stereocenters. The van der Waals surface area contributed by atoms with Crippen molar-refractivity contribution in [2.75, 3.05) is 7.05 Å². The highest BCUT2D eigenvalue weighted by molar-refractivity contribution is 9.10. The van der Waals surface area contributed by atoms with Crippen LogP contribution in [-0.2, 0) is 6.54 Å². The Hall–Kier alpha value is -1.75. The van der Waals surface area contributed by atoms with Crippen LogP contribution in [-0.4, -0.2) is 22.8 Å². The molecule has 5 heteroatoms. The van der Waals surface area contributed by atoms with Crippen LogP contribution in [0.1, 0.15) is 21.7 Å². The fourth-order valence-corrected chi connectivity index (χ4v) is 2.24. The Labute approximate surface area is 125 Å². The number of hydrogen-bond acceptors (Lipinski definition) is 2. The number of pyridine rings is 1. The van der Waals surface area contributed by atoms with E-state index in [1.807, 2.05) is 25.1 Å². The summed E-state index contributed by atoms with van der Waals surface area (Å²) in [5, 5.41) is 0. The SMILES string of the molecule is Cc1cccc(CN(C)C(=O)c2cccc(Br)c2F)n1. The first-order valence-electron chi connectivity index (χ1n) is 6.11. The molecule has 1 amide bonds. The molecule has 0 fully saturated rings. The molecule has 20 heavy (non-hydrogen) atoms. The zero-order valence-electron chi connectivity index (χ0n) is 11.2. The fraction of sp³-hybridized carbons (Fsp3) is 0.200. The monoisotopic (exact) mass is 336 g/mol. The molecule has 0 aliphatic rings. The number of benzene rings is 1. The number of carbonyl (C=O) groups excluding carboxylic acids is 1. The van der Waals surface area contributed by atoms with E-state index in [-0.39, 0.29) is 15.9 Å². The van der Waals surface area contributed by atoms with Gasteiger partial charge in [-0.3, -0.25) is 9.78 Å². The number of amides is 1. The molecule has 3 nitrogen and oxygen atoms in total. The highest BCUT2D eigenvalue weighted by Crippen LogP contribution is 2.20. The second-order valence-electron chi connectivity index (χ2n) is 4.53. The molecule has 1 aromatic carbocycles. The summed E-state index contributed by atoms with van der Waals surface area (Å²) < 4.78 is 14.2. The van der Waals surface area contributed by atoms with Gasteiger partial charge < -0.3 is 4.90 Å². The van der Waals surface area contributed by atoms with Crippen LogP contribution in [0.5, 0.6) is 0 Å². The van der Waals surface area contributed by atoms with Crippen LogP contribution in [0, 0.1) is 12.7 Å². The van der Waals surface area contributed by atoms with Gasteiger partial charge in [-0.2, -0.15) is 0 Å². The van der Waals surface area contributed by atoms with E-state index in [2.05, 4.69) is 20.9 Å². The second kappa shape index (κ2) is 6.13. The van der Waals surface area contributed by atoms with Crippen LogP contribution in [0.3, 0.4) is 0 Å². The number of aromatic nitrogens is 1. The van der Waals surface area contributed by atoms with E-state index in [4.69, 9.17) is 0 Å². The van der Waals surface area contributed by atoms with E-state index in [1.54, 1.807) is 19.2 Å². The Morgan fingerprint density at radius 1 is 1.30 bits per heavy atom. The van der Waals surface area contributed by atoms with Crippen molar-refractivity contribution >= 4 is 21.8 Å². The molecule has 1 heterocycles. The summed E-state index contributed by atoms with van der Waals surface area (Å²) in [6.07, 6.45) is 0. The molecule has 0 aliphatic carbocycles. The number of nitrogens with zero attached hydrogens (tertiary/aromatic N) is 2. The Morgan fingerprint density at radius 3 is 2.70 bits per heavy atom. The van der Waals surface area contributed by atoms with E-state index in [9.17, 15) is 9.18 Å². The van der Waals surface area contributed by atoms with Crippen LogP contribution in [0.2, 0.25) is 0 Å². The number of rotatable bonds is 3. The molecule has 2 rings (SSSR count). The van der Waals surface area contributed by atoms with Gasteiger partial charge in [-0.25, -0.2) is 4.39 Å². The largest absolute Gasteiger partial charge is 0.336 e. The minimum atomic E-state index is -0.540. The normalized spacial score (nSPS) is 10.4. The summed E-state index contributed by atoms with van der Waals surface area (Å²) >= 11 is 3.08. The molecule has 1 aromatic heterocycles.